The SMILES string of the molecule is CCOc1ccc(N([C@@H](CC)C(=O)Nc2nnc(SCC(=O)OC)s2)S(C)(=O)=O)cc1. The fourth-order valence-electron chi connectivity index (χ4n) is 2.60. The molecule has 0 radical (unpaired) electrons. The molecule has 0 aliphatic rings. The van der Waals surface area contributed by atoms with Gasteiger partial charge in [0, 0.05) is 0 Å². The number of hydrogen-bond acceptors (Lipinski definition) is 10. The Labute approximate surface area is 189 Å². The van der Waals surface area contributed by atoms with E-state index < -0.39 is 27.9 Å². The molecule has 0 fully saturated rings. The van der Waals surface area contributed by atoms with Gasteiger partial charge in [-0.2, -0.15) is 0 Å². The van der Waals surface area contributed by atoms with Crippen LogP contribution in [0.15, 0.2) is 28.6 Å². The van der Waals surface area contributed by atoms with Crippen LogP contribution in [0.3, 0.4) is 0 Å². The van der Waals surface area contributed by atoms with Gasteiger partial charge in [0.2, 0.25) is 21.1 Å². The lowest BCUT2D eigenvalue weighted by Gasteiger charge is -2.29. The van der Waals surface area contributed by atoms with E-state index in [0.717, 1.165) is 33.7 Å². The Kier molecular flexibility index (Phi) is 9.07. The van der Waals surface area contributed by atoms with Crippen molar-refractivity contribution in [2.45, 2.75) is 30.6 Å². The van der Waals surface area contributed by atoms with Crippen LogP contribution in [-0.2, 0) is 24.3 Å². The van der Waals surface area contributed by atoms with E-state index in [-0.39, 0.29) is 17.3 Å². The van der Waals surface area contributed by atoms with Crippen molar-refractivity contribution in [3.05, 3.63) is 24.3 Å². The van der Waals surface area contributed by atoms with Gasteiger partial charge in [0.05, 0.1) is 31.4 Å². The summed E-state index contributed by atoms with van der Waals surface area (Å²) in [5, 5.41) is 10.6. The van der Waals surface area contributed by atoms with Crippen LogP contribution in [0.5, 0.6) is 5.75 Å². The number of amides is 1. The van der Waals surface area contributed by atoms with E-state index in [1.54, 1.807) is 31.2 Å². The van der Waals surface area contributed by atoms with Crippen LogP contribution >= 0.6 is 23.1 Å². The molecule has 1 amide bonds. The quantitative estimate of drug-likeness (QED) is 0.288. The van der Waals surface area contributed by atoms with Crippen molar-refractivity contribution in [3.63, 3.8) is 0 Å². The van der Waals surface area contributed by atoms with Gasteiger partial charge in [0.1, 0.15) is 11.8 Å². The number of carbonyl (C=O) groups excluding carboxylic acids is 2. The Bertz CT molecular complexity index is 994. The number of nitrogens with one attached hydrogen (secondary N) is 1. The lowest BCUT2D eigenvalue weighted by atomic mass is 10.2. The fraction of sp³-hybridized carbons (Fsp3) is 0.444. The highest BCUT2D eigenvalue weighted by molar-refractivity contribution is 8.01. The van der Waals surface area contributed by atoms with Crippen LogP contribution in [0.25, 0.3) is 0 Å². The van der Waals surface area contributed by atoms with Gasteiger partial charge in [-0.15, -0.1) is 10.2 Å². The summed E-state index contributed by atoms with van der Waals surface area (Å²) in [6, 6.07) is 5.49. The Balaban J connectivity index is 2.19. The summed E-state index contributed by atoms with van der Waals surface area (Å²) in [7, 11) is -2.47. The minimum Gasteiger partial charge on any atom is -0.494 e. The molecule has 31 heavy (non-hydrogen) atoms. The van der Waals surface area contributed by atoms with Crippen molar-refractivity contribution < 1.29 is 27.5 Å². The molecule has 1 heterocycles. The highest BCUT2D eigenvalue weighted by Crippen LogP contribution is 2.28. The molecule has 1 aromatic heterocycles. The molecule has 0 saturated carbocycles. The maximum atomic E-state index is 12.9. The Hall–Kier alpha value is -2.38. The van der Waals surface area contributed by atoms with Crippen molar-refractivity contribution in [1.82, 2.24) is 10.2 Å². The number of methoxy groups -OCH3 is 1. The molecule has 10 nitrogen and oxygen atoms in total. The first kappa shape index (κ1) is 24.9. The number of sulfonamides is 1. The molecule has 0 spiro atoms. The number of ether oxygens (including phenoxy) is 2. The van der Waals surface area contributed by atoms with Gasteiger partial charge < -0.3 is 9.47 Å². The normalized spacial score (nSPS) is 12.1. The molecule has 1 aromatic carbocycles. The number of esters is 1. The molecule has 2 aromatic rings. The zero-order chi connectivity index (χ0) is 23.0. The Morgan fingerprint density at radius 1 is 1.23 bits per heavy atom. The third-order valence-electron chi connectivity index (χ3n) is 3.91. The molecule has 0 aliphatic heterocycles. The summed E-state index contributed by atoms with van der Waals surface area (Å²) in [4.78, 5) is 24.1. The van der Waals surface area contributed by atoms with Crippen molar-refractivity contribution >= 4 is 55.8 Å². The fourth-order valence-corrected chi connectivity index (χ4v) is 5.40. The van der Waals surface area contributed by atoms with Crippen LogP contribution in [0.4, 0.5) is 10.8 Å². The van der Waals surface area contributed by atoms with Crippen molar-refractivity contribution in [3.8, 4) is 5.75 Å². The Morgan fingerprint density at radius 2 is 1.90 bits per heavy atom. The maximum absolute atomic E-state index is 12.9. The summed E-state index contributed by atoms with van der Waals surface area (Å²) in [6.07, 6.45) is 1.28. The maximum Gasteiger partial charge on any atom is 0.316 e. The summed E-state index contributed by atoms with van der Waals surface area (Å²) >= 11 is 2.21. The predicted octanol–water partition coefficient (Wildman–Crippen LogP) is 2.39. The first-order valence-corrected chi connectivity index (χ1v) is 12.9. The summed E-state index contributed by atoms with van der Waals surface area (Å²) in [6.45, 7) is 4.05. The Morgan fingerprint density at radius 3 is 2.45 bits per heavy atom. The zero-order valence-electron chi connectivity index (χ0n) is 17.5. The van der Waals surface area contributed by atoms with E-state index in [9.17, 15) is 18.0 Å². The van der Waals surface area contributed by atoms with Crippen molar-refractivity contribution in [2.75, 3.05) is 35.3 Å². The number of thioether (sulfide) groups is 1. The van der Waals surface area contributed by atoms with Gasteiger partial charge in [0.25, 0.3) is 0 Å². The number of rotatable bonds is 11. The molecule has 1 atom stereocenters. The van der Waals surface area contributed by atoms with Gasteiger partial charge in [-0.3, -0.25) is 19.2 Å². The van der Waals surface area contributed by atoms with Gasteiger partial charge in [0.15, 0.2) is 4.34 Å². The van der Waals surface area contributed by atoms with E-state index in [0.29, 0.717) is 22.4 Å². The molecule has 2 rings (SSSR count). The minimum absolute atomic E-state index is 0.0657. The number of aromatic nitrogens is 2. The van der Waals surface area contributed by atoms with Crippen molar-refractivity contribution in [1.29, 1.82) is 0 Å². The van der Waals surface area contributed by atoms with E-state index >= 15 is 0 Å². The largest absolute Gasteiger partial charge is 0.494 e. The average molecular weight is 489 g/mol. The van der Waals surface area contributed by atoms with Gasteiger partial charge in [-0.25, -0.2) is 8.42 Å². The van der Waals surface area contributed by atoms with E-state index in [1.807, 2.05) is 6.92 Å². The van der Waals surface area contributed by atoms with Crippen LogP contribution in [0.1, 0.15) is 20.3 Å². The molecular weight excluding hydrogens is 464 g/mol. The smallest absolute Gasteiger partial charge is 0.316 e. The van der Waals surface area contributed by atoms with Crippen LogP contribution in [0.2, 0.25) is 0 Å². The number of anilines is 2. The van der Waals surface area contributed by atoms with E-state index in [2.05, 4.69) is 20.3 Å². The van der Waals surface area contributed by atoms with Gasteiger partial charge in [-0.1, -0.05) is 30.0 Å². The lowest BCUT2D eigenvalue weighted by Crippen LogP contribution is -2.47. The average Bonchev–Trinajstić information content (AvgIpc) is 3.17. The standard InChI is InChI=1S/C18H24N4O6S3/c1-5-14(16(24)19-17-20-21-18(30-17)29-11-15(23)27-3)22(31(4,25)26)12-7-9-13(10-8-12)28-6-2/h7-10,14H,5-6,11H2,1-4H3,(H,19,20,24)/t14-/m0/s1. The lowest BCUT2D eigenvalue weighted by molar-refractivity contribution is -0.137. The zero-order valence-corrected chi connectivity index (χ0v) is 20.0. The molecule has 170 valence electrons. The molecule has 13 heteroatoms. The number of hydrogen-bond donors (Lipinski definition) is 1. The number of carbonyl (C=O) groups is 2. The second-order valence-corrected chi connectivity index (χ2v) is 10.2. The minimum atomic E-state index is -3.76. The second kappa shape index (κ2) is 11.3. The topological polar surface area (TPSA) is 128 Å². The van der Waals surface area contributed by atoms with E-state index in [4.69, 9.17) is 4.74 Å². The molecule has 0 bridgehead atoms. The first-order valence-electron chi connectivity index (χ1n) is 9.25. The summed E-state index contributed by atoms with van der Waals surface area (Å²) in [5.41, 5.74) is 0.347. The predicted molar refractivity (Wildman–Crippen MR) is 120 cm³/mol. The monoisotopic (exact) mass is 488 g/mol. The summed E-state index contributed by atoms with van der Waals surface area (Å²) in [5.74, 6) is -0.280. The number of benzene rings is 1. The van der Waals surface area contributed by atoms with Crippen LogP contribution in [-0.4, -0.2) is 62.3 Å². The van der Waals surface area contributed by atoms with E-state index in [1.165, 1.54) is 7.11 Å². The molecular formula is C18H24N4O6S3. The third kappa shape index (κ3) is 7.08. The molecule has 1 N–H and O–H groups in total. The molecule has 0 unspecified atom stereocenters. The third-order valence-corrected chi connectivity index (χ3v) is 7.04. The van der Waals surface area contributed by atoms with Gasteiger partial charge in [-0.05, 0) is 37.6 Å². The second-order valence-electron chi connectivity index (χ2n) is 6.14. The molecule has 0 aliphatic carbocycles. The van der Waals surface area contributed by atoms with Crippen LogP contribution in [0, 0.1) is 0 Å². The first-order chi connectivity index (χ1) is 14.7. The highest BCUT2D eigenvalue weighted by atomic mass is 32.2. The van der Waals surface area contributed by atoms with Crippen molar-refractivity contribution in [2.24, 2.45) is 0 Å². The van der Waals surface area contributed by atoms with Gasteiger partial charge >= 0.3 is 5.97 Å². The number of nitrogens with zero attached hydrogens (tertiary/aromatic N) is 3. The molecule has 0 saturated heterocycles. The summed E-state index contributed by atoms with van der Waals surface area (Å²) < 4.78 is 36.6. The highest BCUT2D eigenvalue weighted by Gasteiger charge is 2.32. The van der Waals surface area contributed by atoms with Crippen LogP contribution < -0.4 is 14.4 Å².